The molecular formula is C19H24N4OS. The fourth-order valence-electron chi connectivity index (χ4n) is 2.68. The molecule has 1 aromatic carbocycles. The van der Waals surface area contributed by atoms with Crippen molar-refractivity contribution in [2.24, 2.45) is 5.84 Å². The van der Waals surface area contributed by atoms with Crippen LogP contribution in [0.15, 0.2) is 30.5 Å². The van der Waals surface area contributed by atoms with Gasteiger partial charge in [0.15, 0.2) is 0 Å². The molecule has 0 radical (unpaired) electrons. The first-order valence-corrected chi connectivity index (χ1v) is 8.83. The Morgan fingerprint density at radius 3 is 2.68 bits per heavy atom. The highest BCUT2D eigenvalue weighted by molar-refractivity contribution is 7.12. The number of nitrogens with one attached hydrogen (secondary N) is 2. The highest BCUT2D eigenvalue weighted by Crippen LogP contribution is 2.28. The minimum absolute atomic E-state index is 0. The van der Waals surface area contributed by atoms with Gasteiger partial charge in [0.05, 0.1) is 22.5 Å². The number of amides is 1. The van der Waals surface area contributed by atoms with Crippen LogP contribution in [0.1, 0.15) is 47.2 Å². The first kappa shape index (κ1) is 19.1. The molecule has 1 aromatic heterocycles. The summed E-state index contributed by atoms with van der Waals surface area (Å²) < 4.78 is 0. The van der Waals surface area contributed by atoms with Crippen molar-refractivity contribution in [2.45, 2.75) is 32.6 Å². The monoisotopic (exact) mass is 356 g/mol. The third kappa shape index (κ3) is 5.40. The van der Waals surface area contributed by atoms with Crippen molar-refractivity contribution in [1.82, 2.24) is 15.7 Å². The summed E-state index contributed by atoms with van der Waals surface area (Å²) in [6.07, 6.45) is 4.45. The number of nitrogens with two attached hydrogens (primary N) is 1. The van der Waals surface area contributed by atoms with Gasteiger partial charge in [0.2, 0.25) is 5.91 Å². The number of thiazole rings is 1. The lowest BCUT2D eigenvalue weighted by molar-refractivity contribution is -0.120. The SMILES string of the molecule is C.NNC(=O)Cc1ccc(C#Cc2cnc(C3CCNCC3)s2)cc1. The molecule has 5 nitrogen and oxygen atoms in total. The van der Waals surface area contributed by atoms with Gasteiger partial charge in [0.1, 0.15) is 0 Å². The highest BCUT2D eigenvalue weighted by atomic mass is 32.1. The minimum atomic E-state index is -0.205. The lowest BCUT2D eigenvalue weighted by Gasteiger charge is -2.20. The lowest BCUT2D eigenvalue weighted by Crippen LogP contribution is -2.31. The zero-order chi connectivity index (χ0) is 16.8. The van der Waals surface area contributed by atoms with E-state index in [1.165, 1.54) is 5.01 Å². The van der Waals surface area contributed by atoms with Crippen LogP contribution < -0.4 is 16.6 Å². The third-order valence-electron chi connectivity index (χ3n) is 4.02. The van der Waals surface area contributed by atoms with Crippen molar-refractivity contribution in [3.05, 3.63) is 51.5 Å². The van der Waals surface area contributed by atoms with E-state index in [1.54, 1.807) is 11.3 Å². The van der Waals surface area contributed by atoms with Gasteiger partial charge in [-0.1, -0.05) is 25.5 Å². The second-order valence-electron chi connectivity index (χ2n) is 5.78. The zero-order valence-electron chi connectivity index (χ0n) is 13.3. The smallest absolute Gasteiger partial charge is 0.238 e. The van der Waals surface area contributed by atoms with E-state index in [1.807, 2.05) is 30.5 Å². The van der Waals surface area contributed by atoms with E-state index in [4.69, 9.17) is 5.84 Å². The van der Waals surface area contributed by atoms with Crippen LogP contribution in [0.4, 0.5) is 0 Å². The fourth-order valence-corrected chi connectivity index (χ4v) is 3.62. The second-order valence-corrected chi connectivity index (χ2v) is 6.84. The number of nitrogens with zero attached hydrogens (tertiary/aromatic N) is 1. The minimum Gasteiger partial charge on any atom is -0.317 e. The maximum Gasteiger partial charge on any atom is 0.238 e. The van der Waals surface area contributed by atoms with E-state index >= 15 is 0 Å². The highest BCUT2D eigenvalue weighted by Gasteiger charge is 2.17. The number of hydrogen-bond acceptors (Lipinski definition) is 5. The normalized spacial score (nSPS) is 14.1. The molecule has 1 fully saturated rings. The predicted octanol–water partition coefficient (Wildman–Crippen LogP) is 2.18. The summed E-state index contributed by atoms with van der Waals surface area (Å²) in [5, 5.41) is 4.57. The Balaban J connectivity index is 0.00000225. The molecule has 25 heavy (non-hydrogen) atoms. The number of hydrazine groups is 1. The van der Waals surface area contributed by atoms with Crippen molar-refractivity contribution in [3.63, 3.8) is 0 Å². The number of hydrogen-bond donors (Lipinski definition) is 3. The largest absolute Gasteiger partial charge is 0.317 e. The van der Waals surface area contributed by atoms with Crippen LogP contribution in [0, 0.1) is 11.8 Å². The molecule has 0 saturated carbocycles. The van der Waals surface area contributed by atoms with E-state index in [0.29, 0.717) is 5.92 Å². The van der Waals surface area contributed by atoms with Gasteiger partial charge >= 0.3 is 0 Å². The molecule has 0 unspecified atom stereocenters. The summed E-state index contributed by atoms with van der Waals surface area (Å²) in [6.45, 7) is 2.14. The second kappa shape index (κ2) is 9.33. The molecule has 1 amide bonds. The van der Waals surface area contributed by atoms with E-state index in [9.17, 15) is 4.79 Å². The first-order valence-electron chi connectivity index (χ1n) is 8.01. The standard InChI is InChI=1S/C18H20N4OS.CH4/c19-22-17(23)11-14-3-1-13(2-4-14)5-6-16-12-21-18(24-16)15-7-9-20-10-8-15;/h1-4,12,15,20H,7-11,19H2,(H,22,23);1H4. The molecule has 132 valence electrons. The molecular weight excluding hydrogens is 332 g/mol. The quantitative estimate of drug-likeness (QED) is 0.341. The Morgan fingerprint density at radius 2 is 2.00 bits per heavy atom. The van der Waals surface area contributed by atoms with Gasteiger partial charge in [-0.2, -0.15) is 0 Å². The topological polar surface area (TPSA) is 80.0 Å². The van der Waals surface area contributed by atoms with E-state index in [-0.39, 0.29) is 19.8 Å². The maximum absolute atomic E-state index is 11.2. The van der Waals surface area contributed by atoms with Crippen LogP contribution in [0.25, 0.3) is 0 Å². The van der Waals surface area contributed by atoms with E-state index in [2.05, 4.69) is 27.6 Å². The molecule has 2 aromatic rings. The Hall–Kier alpha value is -2.20. The van der Waals surface area contributed by atoms with Crippen LogP contribution >= 0.6 is 11.3 Å². The predicted molar refractivity (Wildman–Crippen MR) is 102 cm³/mol. The lowest BCUT2D eigenvalue weighted by atomic mass is 9.99. The Labute approximate surface area is 153 Å². The summed E-state index contributed by atoms with van der Waals surface area (Å²) in [5.41, 5.74) is 3.96. The molecule has 1 aliphatic heterocycles. The summed E-state index contributed by atoms with van der Waals surface area (Å²) >= 11 is 1.69. The molecule has 1 saturated heterocycles. The Morgan fingerprint density at radius 1 is 1.28 bits per heavy atom. The van der Waals surface area contributed by atoms with Crippen molar-refractivity contribution >= 4 is 17.2 Å². The van der Waals surface area contributed by atoms with Gasteiger partial charge in [0, 0.05) is 11.5 Å². The maximum atomic E-state index is 11.2. The molecule has 3 rings (SSSR count). The van der Waals surface area contributed by atoms with Gasteiger partial charge in [-0.25, -0.2) is 10.8 Å². The number of rotatable bonds is 3. The average molecular weight is 356 g/mol. The Kier molecular flexibility index (Phi) is 7.14. The van der Waals surface area contributed by atoms with E-state index in [0.717, 1.165) is 41.9 Å². The molecule has 6 heteroatoms. The van der Waals surface area contributed by atoms with Crippen LogP contribution in [-0.4, -0.2) is 24.0 Å². The fraction of sp³-hybridized carbons (Fsp3) is 0.368. The third-order valence-corrected chi connectivity index (χ3v) is 5.10. The van der Waals surface area contributed by atoms with Crippen molar-refractivity contribution in [3.8, 4) is 11.8 Å². The summed E-state index contributed by atoms with van der Waals surface area (Å²) in [6, 6.07) is 7.63. The van der Waals surface area contributed by atoms with Crippen LogP contribution in [0.5, 0.6) is 0 Å². The molecule has 0 spiro atoms. The van der Waals surface area contributed by atoms with Crippen LogP contribution in [0.2, 0.25) is 0 Å². The molecule has 4 N–H and O–H groups in total. The number of benzene rings is 1. The number of piperidine rings is 1. The van der Waals surface area contributed by atoms with Crippen molar-refractivity contribution in [1.29, 1.82) is 0 Å². The van der Waals surface area contributed by atoms with Gasteiger partial charge in [-0.15, -0.1) is 11.3 Å². The van der Waals surface area contributed by atoms with E-state index < -0.39 is 0 Å². The van der Waals surface area contributed by atoms with Crippen LogP contribution in [-0.2, 0) is 11.2 Å². The van der Waals surface area contributed by atoms with Crippen LogP contribution in [0.3, 0.4) is 0 Å². The zero-order valence-corrected chi connectivity index (χ0v) is 14.2. The molecule has 0 atom stereocenters. The van der Waals surface area contributed by atoms with Gasteiger partial charge in [0.25, 0.3) is 0 Å². The number of aromatic nitrogens is 1. The van der Waals surface area contributed by atoms with Crippen molar-refractivity contribution < 1.29 is 4.79 Å². The van der Waals surface area contributed by atoms with Gasteiger partial charge < -0.3 is 5.32 Å². The molecule has 0 aliphatic carbocycles. The first-order chi connectivity index (χ1) is 11.7. The number of carbonyl (C=O) groups is 1. The molecule has 2 heterocycles. The van der Waals surface area contributed by atoms with Crippen molar-refractivity contribution in [2.75, 3.05) is 13.1 Å². The Bertz CT molecular complexity index is 752. The summed E-state index contributed by atoms with van der Waals surface area (Å²) in [5.74, 6) is 11.8. The van der Waals surface area contributed by atoms with Gasteiger partial charge in [-0.3, -0.25) is 10.2 Å². The number of carbonyl (C=O) groups excluding carboxylic acids is 1. The molecule has 0 bridgehead atoms. The summed E-state index contributed by atoms with van der Waals surface area (Å²) in [4.78, 5) is 16.8. The van der Waals surface area contributed by atoms with Gasteiger partial charge in [-0.05, 0) is 49.5 Å². The molecule has 1 aliphatic rings. The summed E-state index contributed by atoms with van der Waals surface area (Å²) in [7, 11) is 0. The average Bonchev–Trinajstić information content (AvgIpc) is 3.11.